The van der Waals surface area contributed by atoms with Crippen LogP contribution in [0.1, 0.15) is 18.5 Å². The topological polar surface area (TPSA) is 76.8 Å². The smallest absolute Gasteiger partial charge is 0.266 e. The molecule has 1 aliphatic heterocycles. The second-order valence-electron chi connectivity index (χ2n) is 6.94. The van der Waals surface area contributed by atoms with Crippen molar-refractivity contribution >= 4 is 5.82 Å². The van der Waals surface area contributed by atoms with E-state index in [0.29, 0.717) is 12.5 Å². The molecule has 0 amide bonds. The van der Waals surface area contributed by atoms with Crippen molar-refractivity contribution in [2.45, 2.75) is 26.3 Å². The minimum atomic E-state index is -0.0559. The second kappa shape index (κ2) is 7.65. The van der Waals surface area contributed by atoms with Crippen LogP contribution in [0, 0.1) is 12.8 Å². The molecule has 0 aliphatic carbocycles. The molecular formula is C20H22N6O. The van der Waals surface area contributed by atoms with Crippen molar-refractivity contribution in [3.05, 3.63) is 64.8 Å². The molecule has 0 spiro atoms. The first-order chi connectivity index (χ1) is 13.2. The Kier molecular flexibility index (Phi) is 4.91. The maximum absolute atomic E-state index is 12.3. The number of hydrogen-bond donors (Lipinski definition) is 0. The maximum Gasteiger partial charge on any atom is 0.266 e. The van der Waals surface area contributed by atoms with Crippen molar-refractivity contribution in [2.75, 3.05) is 18.0 Å². The molecule has 0 saturated carbocycles. The molecule has 4 heterocycles. The van der Waals surface area contributed by atoms with Gasteiger partial charge in [0.25, 0.3) is 5.56 Å². The molecule has 0 bridgehead atoms. The van der Waals surface area contributed by atoms with Crippen LogP contribution in [-0.4, -0.2) is 38.1 Å². The first kappa shape index (κ1) is 17.3. The van der Waals surface area contributed by atoms with E-state index in [1.165, 1.54) is 0 Å². The van der Waals surface area contributed by atoms with Gasteiger partial charge in [0.1, 0.15) is 0 Å². The highest BCUT2D eigenvalue weighted by atomic mass is 16.1. The van der Waals surface area contributed by atoms with E-state index in [0.717, 1.165) is 48.7 Å². The Morgan fingerprint density at radius 2 is 1.78 bits per heavy atom. The molecule has 3 aromatic heterocycles. The Labute approximate surface area is 157 Å². The molecule has 3 aromatic rings. The van der Waals surface area contributed by atoms with Crippen LogP contribution >= 0.6 is 0 Å². The van der Waals surface area contributed by atoms with Gasteiger partial charge < -0.3 is 4.90 Å². The van der Waals surface area contributed by atoms with Gasteiger partial charge >= 0.3 is 0 Å². The Hall–Kier alpha value is -3.09. The van der Waals surface area contributed by atoms with Crippen LogP contribution in [0.4, 0.5) is 5.82 Å². The van der Waals surface area contributed by atoms with Crippen LogP contribution in [0.5, 0.6) is 0 Å². The zero-order valence-corrected chi connectivity index (χ0v) is 15.3. The van der Waals surface area contributed by atoms with Gasteiger partial charge in [-0.15, -0.1) is 5.10 Å². The van der Waals surface area contributed by atoms with E-state index in [4.69, 9.17) is 0 Å². The number of rotatable bonds is 4. The normalized spacial score (nSPS) is 15.1. The third-order valence-electron chi connectivity index (χ3n) is 5.00. The Balaban J connectivity index is 1.43. The molecule has 7 heteroatoms. The summed E-state index contributed by atoms with van der Waals surface area (Å²) in [5.41, 5.74) is 2.63. The summed E-state index contributed by atoms with van der Waals surface area (Å²) in [5.74, 6) is 1.35. The van der Waals surface area contributed by atoms with Crippen molar-refractivity contribution in [1.29, 1.82) is 0 Å². The quantitative estimate of drug-likeness (QED) is 0.709. The van der Waals surface area contributed by atoms with Gasteiger partial charge in [0, 0.05) is 43.7 Å². The zero-order chi connectivity index (χ0) is 18.6. The van der Waals surface area contributed by atoms with Gasteiger partial charge in [-0.3, -0.25) is 9.78 Å². The number of piperidine rings is 1. The molecule has 0 atom stereocenters. The number of nitrogens with zero attached hydrogens (tertiary/aromatic N) is 6. The lowest BCUT2D eigenvalue weighted by Gasteiger charge is -2.32. The van der Waals surface area contributed by atoms with E-state index in [-0.39, 0.29) is 5.56 Å². The van der Waals surface area contributed by atoms with Gasteiger partial charge in [0.05, 0.1) is 11.4 Å². The molecule has 1 saturated heterocycles. The number of anilines is 1. The van der Waals surface area contributed by atoms with E-state index in [1.54, 1.807) is 29.2 Å². The van der Waals surface area contributed by atoms with E-state index >= 15 is 0 Å². The van der Waals surface area contributed by atoms with Crippen molar-refractivity contribution in [3.8, 4) is 11.3 Å². The average Bonchev–Trinajstić information content (AvgIpc) is 2.71. The van der Waals surface area contributed by atoms with E-state index in [2.05, 4.69) is 25.2 Å². The molecule has 1 aliphatic rings. The molecule has 138 valence electrons. The Bertz CT molecular complexity index is 946. The van der Waals surface area contributed by atoms with Crippen LogP contribution in [0.25, 0.3) is 11.3 Å². The minimum absolute atomic E-state index is 0.0559. The molecule has 0 N–H and O–H groups in total. The highest BCUT2D eigenvalue weighted by Gasteiger charge is 2.21. The average molecular weight is 362 g/mol. The van der Waals surface area contributed by atoms with Crippen molar-refractivity contribution in [2.24, 2.45) is 5.92 Å². The minimum Gasteiger partial charge on any atom is -0.355 e. The van der Waals surface area contributed by atoms with Crippen LogP contribution in [0.15, 0.2) is 53.6 Å². The number of aromatic nitrogens is 5. The lowest BCUT2D eigenvalue weighted by atomic mass is 9.97. The van der Waals surface area contributed by atoms with E-state index in [9.17, 15) is 4.79 Å². The fourth-order valence-electron chi connectivity index (χ4n) is 3.41. The summed E-state index contributed by atoms with van der Waals surface area (Å²) < 4.78 is 1.60. The summed E-state index contributed by atoms with van der Waals surface area (Å²) in [7, 11) is 0. The van der Waals surface area contributed by atoms with E-state index < -0.39 is 0 Å². The van der Waals surface area contributed by atoms with Gasteiger partial charge in [-0.2, -0.15) is 10.2 Å². The van der Waals surface area contributed by atoms with Gasteiger partial charge in [0.2, 0.25) is 0 Å². The van der Waals surface area contributed by atoms with Crippen LogP contribution in [0.2, 0.25) is 0 Å². The zero-order valence-electron chi connectivity index (χ0n) is 15.3. The summed E-state index contributed by atoms with van der Waals surface area (Å²) in [6.45, 7) is 4.42. The predicted molar refractivity (Wildman–Crippen MR) is 103 cm³/mol. The summed E-state index contributed by atoms with van der Waals surface area (Å²) in [6, 6.07) is 11.2. The largest absolute Gasteiger partial charge is 0.355 e. The third-order valence-corrected chi connectivity index (χ3v) is 5.00. The van der Waals surface area contributed by atoms with Crippen LogP contribution < -0.4 is 10.5 Å². The lowest BCUT2D eigenvalue weighted by molar-refractivity contribution is 0.335. The molecule has 7 nitrogen and oxygen atoms in total. The van der Waals surface area contributed by atoms with Crippen molar-refractivity contribution in [3.63, 3.8) is 0 Å². The van der Waals surface area contributed by atoms with Crippen LogP contribution in [0.3, 0.4) is 0 Å². The van der Waals surface area contributed by atoms with Gasteiger partial charge in [-0.25, -0.2) is 4.68 Å². The molecule has 4 rings (SSSR count). The first-order valence-electron chi connectivity index (χ1n) is 9.23. The summed E-state index contributed by atoms with van der Waals surface area (Å²) in [4.78, 5) is 18.5. The molecule has 27 heavy (non-hydrogen) atoms. The standard InChI is InChI=1S/C20H22N6O/c1-15-2-4-19(23-22-15)25-12-8-16(9-13-25)14-26-20(27)5-3-18(24-26)17-6-10-21-11-7-17/h2-7,10-11,16H,8-9,12-14H2,1H3. The monoisotopic (exact) mass is 362 g/mol. The molecule has 1 fully saturated rings. The highest BCUT2D eigenvalue weighted by Crippen LogP contribution is 2.22. The molecular weight excluding hydrogens is 340 g/mol. The van der Waals surface area contributed by atoms with E-state index in [1.807, 2.05) is 31.2 Å². The van der Waals surface area contributed by atoms with Gasteiger partial charge in [0.15, 0.2) is 5.82 Å². The fourth-order valence-corrected chi connectivity index (χ4v) is 3.41. The Morgan fingerprint density at radius 3 is 2.48 bits per heavy atom. The van der Waals surface area contributed by atoms with Crippen LogP contribution in [-0.2, 0) is 6.54 Å². The van der Waals surface area contributed by atoms with Gasteiger partial charge in [-0.05, 0) is 56.0 Å². The second-order valence-corrected chi connectivity index (χ2v) is 6.94. The van der Waals surface area contributed by atoms with Gasteiger partial charge in [-0.1, -0.05) is 0 Å². The number of aryl methyl sites for hydroxylation is 1. The predicted octanol–water partition coefficient (Wildman–Crippen LogP) is 2.32. The third kappa shape index (κ3) is 4.02. The lowest BCUT2D eigenvalue weighted by Crippen LogP contribution is -2.37. The SMILES string of the molecule is Cc1ccc(N2CCC(Cn3nc(-c4ccncc4)ccc3=O)CC2)nn1. The first-order valence-corrected chi connectivity index (χ1v) is 9.23. The highest BCUT2D eigenvalue weighted by molar-refractivity contribution is 5.57. The summed E-state index contributed by atoms with van der Waals surface area (Å²) in [5, 5.41) is 13.0. The summed E-state index contributed by atoms with van der Waals surface area (Å²) >= 11 is 0. The molecule has 0 radical (unpaired) electrons. The molecule has 0 unspecified atom stereocenters. The molecule has 0 aromatic carbocycles. The number of hydrogen-bond acceptors (Lipinski definition) is 6. The maximum atomic E-state index is 12.3. The van der Waals surface area contributed by atoms with Crippen molar-refractivity contribution < 1.29 is 0 Å². The number of pyridine rings is 1. The summed E-state index contributed by atoms with van der Waals surface area (Å²) in [6.07, 6.45) is 5.47. The van der Waals surface area contributed by atoms with Crippen molar-refractivity contribution in [1.82, 2.24) is 25.0 Å². The fraction of sp³-hybridized carbons (Fsp3) is 0.350. The Morgan fingerprint density at radius 1 is 1.00 bits per heavy atom.